The van der Waals surface area contributed by atoms with Gasteiger partial charge in [0.15, 0.2) is 0 Å². The number of carbonyl (C=O) groups is 2. The van der Waals surface area contributed by atoms with E-state index in [1.165, 1.54) is 14.0 Å². The lowest BCUT2D eigenvalue weighted by Gasteiger charge is -2.10. The first-order valence-electron chi connectivity index (χ1n) is 5.97. The van der Waals surface area contributed by atoms with E-state index in [0.29, 0.717) is 5.56 Å². The van der Waals surface area contributed by atoms with E-state index in [-0.39, 0.29) is 18.5 Å². The third-order valence-corrected chi connectivity index (χ3v) is 3.41. The molecule has 0 aromatic heterocycles. The van der Waals surface area contributed by atoms with Crippen LogP contribution in [0.15, 0.2) is 16.6 Å². The highest BCUT2D eigenvalue weighted by Gasteiger charge is 2.14. The molecule has 0 saturated heterocycles. The molecule has 106 valence electrons. The molecule has 0 unspecified atom stereocenters. The summed E-state index contributed by atoms with van der Waals surface area (Å²) in [5.74, 6) is -0.728. The van der Waals surface area contributed by atoms with Crippen molar-refractivity contribution in [2.24, 2.45) is 0 Å². The largest absolute Gasteiger partial charge is 0.465 e. The maximum atomic E-state index is 11.4. The molecule has 4 nitrogen and oxygen atoms in total. The summed E-state index contributed by atoms with van der Waals surface area (Å²) in [6.07, 6.45) is 0. The summed E-state index contributed by atoms with van der Waals surface area (Å²) in [7, 11) is 1.34. The molecular weight excluding hydrogens is 312 g/mol. The van der Waals surface area contributed by atoms with Gasteiger partial charge in [-0.2, -0.15) is 0 Å². The predicted molar refractivity (Wildman–Crippen MR) is 77.0 cm³/mol. The number of esters is 2. The number of benzene rings is 1. The molecular formula is C14H19BrO4. The van der Waals surface area contributed by atoms with E-state index in [1.54, 1.807) is 19.1 Å². The number of ether oxygens (including phenoxy) is 2. The first-order valence-corrected chi connectivity index (χ1v) is 6.76. The molecule has 0 atom stereocenters. The number of hydrogen-bond acceptors (Lipinski definition) is 4. The summed E-state index contributed by atoms with van der Waals surface area (Å²) in [5, 5.41) is 0. The van der Waals surface area contributed by atoms with Crippen molar-refractivity contribution < 1.29 is 19.1 Å². The third kappa shape index (κ3) is 5.03. The minimum absolute atomic E-state index is 0.179. The molecule has 1 aromatic rings. The van der Waals surface area contributed by atoms with Crippen LogP contribution in [0.3, 0.4) is 0 Å². The zero-order valence-electron chi connectivity index (χ0n) is 11.9. The molecule has 0 bridgehead atoms. The quantitative estimate of drug-likeness (QED) is 0.794. The van der Waals surface area contributed by atoms with E-state index in [2.05, 4.69) is 20.7 Å². The molecule has 0 aliphatic rings. The van der Waals surface area contributed by atoms with E-state index in [1.807, 2.05) is 13.8 Å². The lowest BCUT2D eigenvalue weighted by atomic mass is 10.1. The van der Waals surface area contributed by atoms with Crippen molar-refractivity contribution in [3.8, 4) is 0 Å². The lowest BCUT2D eigenvalue weighted by Crippen LogP contribution is -2.06. The third-order valence-electron chi connectivity index (χ3n) is 2.30. The van der Waals surface area contributed by atoms with Gasteiger partial charge < -0.3 is 9.47 Å². The Hall–Kier alpha value is -1.36. The van der Waals surface area contributed by atoms with Crippen LogP contribution in [0.1, 0.15) is 42.3 Å². The van der Waals surface area contributed by atoms with Gasteiger partial charge in [-0.3, -0.25) is 4.79 Å². The highest BCUT2D eigenvalue weighted by atomic mass is 79.9. The average molecular weight is 331 g/mol. The van der Waals surface area contributed by atoms with Gasteiger partial charge in [0.1, 0.15) is 6.61 Å². The highest BCUT2D eigenvalue weighted by Crippen LogP contribution is 2.25. The molecule has 0 aliphatic carbocycles. The second-order valence-corrected chi connectivity index (χ2v) is 4.28. The Morgan fingerprint density at radius 1 is 1.26 bits per heavy atom. The van der Waals surface area contributed by atoms with Crippen molar-refractivity contribution in [3.05, 3.63) is 33.3 Å². The number of halogens is 1. The van der Waals surface area contributed by atoms with Crippen molar-refractivity contribution in [3.63, 3.8) is 0 Å². The molecule has 0 fully saturated rings. The Bertz CT molecular complexity index is 455. The molecule has 1 rings (SSSR count). The Balaban J connectivity index is 0.00000154. The van der Waals surface area contributed by atoms with Gasteiger partial charge in [0.25, 0.3) is 0 Å². The lowest BCUT2D eigenvalue weighted by molar-refractivity contribution is -0.142. The van der Waals surface area contributed by atoms with Crippen LogP contribution in [0.2, 0.25) is 0 Å². The topological polar surface area (TPSA) is 52.6 Å². The molecule has 0 saturated carbocycles. The minimum Gasteiger partial charge on any atom is -0.465 e. The van der Waals surface area contributed by atoms with Gasteiger partial charge in [-0.25, -0.2) is 4.79 Å². The summed E-state index contributed by atoms with van der Waals surface area (Å²) in [4.78, 5) is 22.2. The molecule has 19 heavy (non-hydrogen) atoms. The number of methoxy groups -OCH3 is 1. The molecule has 1 aromatic carbocycles. The summed E-state index contributed by atoms with van der Waals surface area (Å²) in [5.41, 5.74) is 2.07. The second kappa shape index (κ2) is 8.69. The van der Waals surface area contributed by atoms with Gasteiger partial charge in [0.2, 0.25) is 0 Å². The van der Waals surface area contributed by atoms with Crippen LogP contribution in [0.4, 0.5) is 0 Å². The fourth-order valence-corrected chi connectivity index (χ4v) is 1.82. The van der Waals surface area contributed by atoms with E-state index >= 15 is 0 Å². The van der Waals surface area contributed by atoms with Crippen molar-refractivity contribution in [1.82, 2.24) is 0 Å². The van der Waals surface area contributed by atoms with Crippen LogP contribution in [0.5, 0.6) is 0 Å². The zero-order chi connectivity index (χ0) is 15.0. The fourth-order valence-electron chi connectivity index (χ4n) is 1.36. The van der Waals surface area contributed by atoms with Crippen molar-refractivity contribution in [1.29, 1.82) is 0 Å². The SMILES string of the molecule is CC.COC(=O)c1ccc(COC(C)=O)c(Br)c1C. The molecule has 0 spiro atoms. The maximum Gasteiger partial charge on any atom is 0.338 e. The van der Waals surface area contributed by atoms with Crippen molar-refractivity contribution in [2.45, 2.75) is 34.3 Å². The van der Waals surface area contributed by atoms with E-state index < -0.39 is 0 Å². The molecule has 0 heterocycles. The number of carbonyl (C=O) groups excluding carboxylic acids is 2. The summed E-state index contributed by atoms with van der Waals surface area (Å²) in [6, 6.07) is 3.39. The van der Waals surface area contributed by atoms with Gasteiger partial charge in [0, 0.05) is 17.0 Å². The van der Waals surface area contributed by atoms with Crippen LogP contribution in [-0.2, 0) is 20.9 Å². The number of hydrogen-bond donors (Lipinski definition) is 0. The Labute approximate surface area is 122 Å². The van der Waals surface area contributed by atoms with Crippen molar-refractivity contribution in [2.75, 3.05) is 7.11 Å². The normalized spacial score (nSPS) is 9.16. The second-order valence-electron chi connectivity index (χ2n) is 3.48. The maximum absolute atomic E-state index is 11.4. The summed E-state index contributed by atoms with van der Waals surface area (Å²) in [6.45, 7) is 7.33. The van der Waals surface area contributed by atoms with Crippen LogP contribution >= 0.6 is 15.9 Å². The summed E-state index contributed by atoms with van der Waals surface area (Å²) < 4.78 is 10.3. The van der Waals surface area contributed by atoms with Crippen LogP contribution < -0.4 is 0 Å². The minimum atomic E-state index is -0.387. The Morgan fingerprint density at radius 2 is 1.84 bits per heavy atom. The monoisotopic (exact) mass is 330 g/mol. The predicted octanol–water partition coefficient (Wildman–Crippen LogP) is 3.63. The van der Waals surface area contributed by atoms with Crippen LogP contribution in [-0.4, -0.2) is 19.0 Å². The van der Waals surface area contributed by atoms with Gasteiger partial charge in [-0.15, -0.1) is 0 Å². The van der Waals surface area contributed by atoms with Gasteiger partial charge in [-0.05, 0) is 18.6 Å². The first kappa shape index (κ1) is 17.6. The van der Waals surface area contributed by atoms with E-state index in [9.17, 15) is 9.59 Å². The molecule has 5 heteroatoms. The first-order chi connectivity index (χ1) is 8.97. The Morgan fingerprint density at radius 3 is 2.32 bits per heavy atom. The Kier molecular flexibility index (Phi) is 8.07. The van der Waals surface area contributed by atoms with Crippen LogP contribution in [0.25, 0.3) is 0 Å². The highest BCUT2D eigenvalue weighted by molar-refractivity contribution is 9.10. The standard InChI is InChI=1S/C12H13BrO4.C2H6/c1-7-10(12(15)16-3)5-4-9(11(7)13)6-17-8(2)14;1-2/h4-5H,6H2,1-3H3;1-2H3. The zero-order valence-corrected chi connectivity index (χ0v) is 13.5. The van der Waals surface area contributed by atoms with E-state index in [0.717, 1.165) is 15.6 Å². The molecule has 0 amide bonds. The smallest absolute Gasteiger partial charge is 0.338 e. The van der Waals surface area contributed by atoms with Crippen LogP contribution in [0, 0.1) is 6.92 Å². The van der Waals surface area contributed by atoms with E-state index in [4.69, 9.17) is 4.74 Å². The van der Waals surface area contributed by atoms with Crippen molar-refractivity contribution >= 4 is 27.9 Å². The molecule has 0 radical (unpaired) electrons. The number of rotatable bonds is 3. The average Bonchev–Trinajstić information content (AvgIpc) is 2.41. The fraction of sp³-hybridized carbons (Fsp3) is 0.429. The summed E-state index contributed by atoms with van der Waals surface area (Å²) >= 11 is 3.38. The van der Waals surface area contributed by atoms with Gasteiger partial charge in [0.05, 0.1) is 12.7 Å². The van der Waals surface area contributed by atoms with Gasteiger partial charge in [-0.1, -0.05) is 35.8 Å². The molecule has 0 aliphatic heterocycles. The molecule has 0 N–H and O–H groups in total. The van der Waals surface area contributed by atoms with Gasteiger partial charge >= 0.3 is 11.9 Å².